The van der Waals surface area contributed by atoms with Crippen molar-refractivity contribution in [1.29, 1.82) is 0 Å². The second kappa shape index (κ2) is 12.7. The van der Waals surface area contributed by atoms with E-state index in [1.165, 1.54) is 13.2 Å². The molecule has 196 valence electrons. The third kappa shape index (κ3) is 7.44. The van der Waals surface area contributed by atoms with Crippen LogP contribution in [-0.4, -0.2) is 131 Å². The Morgan fingerprint density at radius 2 is 1.89 bits per heavy atom. The molecular formula is C24H39ClN6O4. The molecule has 2 aliphatic rings. The number of piperidine rings is 1. The summed E-state index contributed by atoms with van der Waals surface area (Å²) in [6, 6.07) is 2.92. The number of carbonyl (C=O) groups excluding carboxylic acids is 2. The van der Waals surface area contributed by atoms with Crippen LogP contribution >= 0.6 is 11.6 Å². The molecule has 1 aromatic carbocycles. The van der Waals surface area contributed by atoms with Gasteiger partial charge in [0.15, 0.2) is 0 Å². The predicted octanol–water partition coefficient (Wildman–Crippen LogP) is 0.456. The number of rotatable bonds is 9. The molecule has 2 fully saturated rings. The van der Waals surface area contributed by atoms with Crippen molar-refractivity contribution in [2.75, 3.05) is 93.0 Å². The molecule has 0 bridgehead atoms. The Morgan fingerprint density at radius 3 is 2.54 bits per heavy atom. The molecule has 0 radical (unpaired) electrons. The van der Waals surface area contributed by atoms with Crippen LogP contribution in [0.15, 0.2) is 12.1 Å². The average molecular weight is 511 g/mol. The lowest BCUT2D eigenvalue weighted by molar-refractivity contribution is -0.131. The maximum atomic E-state index is 13.0. The van der Waals surface area contributed by atoms with Gasteiger partial charge in [0.25, 0.3) is 5.91 Å². The smallest absolute Gasteiger partial charge is 0.255 e. The third-order valence-electron chi connectivity index (χ3n) is 6.96. The molecule has 1 aromatic rings. The van der Waals surface area contributed by atoms with Crippen molar-refractivity contribution >= 4 is 29.1 Å². The van der Waals surface area contributed by atoms with Crippen LogP contribution in [0.4, 0.5) is 5.69 Å². The Kier molecular flexibility index (Phi) is 9.99. The Hall–Kier alpha value is -2.11. The number of hydrogen-bond donors (Lipinski definition) is 2. The summed E-state index contributed by atoms with van der Waals surface area (Å²) in [7, 11) is 7.12. The first-order valence-electron chi connectivity index (χ1n) is 12.1. The van der Waals surface area contributed by atoms with E-state index in [1.54, 1.807) is 13.2 Å². The zero-order valence-corrected chi connectivity index (χ0v) is 22.0. The van der Waals surface area contributed by atoms with Gasteiger partial charge < -0.3 is 30.3 Å². The number of nitrogens with zero attached hydrogens (tertiary/aromatic N) is 4. The number of nitrogens with two attached hydrogens (primary N) is 1. The second-order valence-electron chi connectivity index (χ2n) is 9.41. The minimum Gasteiger partial charge on any atom is -0.496 e. The summed E-state index contributed by atoms with van der Waals surface area (Å²) >= 11 is 6.12. The number of likely N-dealkylation sites (N-methyl/N-ethyl adjacent to an activating group) is 2. The number of methoxy groups -OCH3 is 2. The van der Waals surface area contributed by atoms with Crippen molar-refractivity contribution in [3.8, 4) is 5.75 Å². The van der Waals surface area contributed by atoms with E-state index in [0.717, 1.165) is 45.7 Å². The van der Waals surface area contributed by atoms with Gasteiger partial charge >= 0.3 is 0 Å². The highest BCUT2D eigenvalue weighted by Gasteiger charge is 2.31. The fourth-order valence-corrected chi connectivity index (χ4v) is 4.65. The number of piperazine rings is 1. The van der Waals surface area contributed by atoms with Gasteiger partial charge in [0.2, 0.25) is 5.91 Å². The lowest BCUT2D eigenvalue weighted by Gasteiger charge is -2.38. The number of amides is 2. The summed E-state index contributed by atoms with van der Waals surface area (Å²) in [5.74, 6) is 0.245. The molecular weight excluding hydrogens is 472 g/mol. The molecule has 0 saturated carbocycles. The van der Waals surface area contributed by atoms with E-state index in [-0.39, 0.29) is 24.0 Å². The van der Waals surface area contributed by atoms with Crippen LogP contribution in [0, 0.1) is 0 Å². The molecule has 3 N–H and O–H groups in total. The first-order chi connectivity index (χ1) is 16.7. The second-order valence-corrected chi connectivity index (χ2v) is 9.82. The number of likely N-dealkylation sites (tertiary alicyclic amines) is 1. The normalized spacial score (nSPS) is 22.1. The van der Waals surface area contributed by atoms with Crippen LogP contribution in [0.5, 0.6) is 5.75 Å². The van der Waals surface area contributed by atoms with Gasteiger partial charge in [-0.2, -0.15) is 0 Å². The van der Waals surface area contributed by atoms with Crippen LogP contribution in [0.2, 0.25) is 5.02 Å². The summed E-state index contributed by atoms with van der Waals surface area (Å²) in [4.78, 5) is 34.2. The molecule has 35 heavy (non-hydrogen) atoms. The van der Waals surface area contributed by atoms with Crippen LogP contribution < -0.4 is 15.8 Å². The highest BCUT2D eigenvalue weighted by molar-refractivity contribution is 6.33. The summed E-state index contributed by atoms with van der Waals surface area (Å²) in [6.45, 7) is 7.20. The molecule has 2 aliphatic heterocycles. The molecule has 10 nitrogen and oxygen atoms in total. The molecule has 0 spiro atoms. The zero-order valence-electron chi connectivity index (χ0n) is 21.3. The standard InChI is InChI=1S/C24H39ClN6O4/c1-28-7-10-31(11-8-28)16-23(32)29(2)9-12-30-6-5-20(22(15-30)35-4)27-24(33)17-13-18(25)19(26)14-21(17)34-3/h13-14,20,22H,5-12,15-16,26H2,1-4H3,(H,27,33)/t20-,22+/m0/s1. The van der Waals surface area contributed by atoms with Crippen LogP contribution in [-0.2, 0) is 9.53 Å². The topological polar surface area (TPSA) is 104 Å². The summed E-state index contributed by atoms with van der Waals surface area (Å²) < 4.78 is 11.0. The maximum absolute atomic E-state index is 13.0. The number of anilines is 1. The summed E-state index contributed by atoms with van der Waals surface area (Å²) in [5.41, 5.74) is 6.52. The largest absolute Gasteiger partial charge is 0.496 e. The van der Waals surface area contributed by atoms with E-state index in [2.05, 4.69) is 27.1 Å². The molecule has 0 unspecified atom stereocenters. The Morgan fingerprint density at radius 1 is 1.17 bits per heavy atom. The average Bonchev–Trinajstić information content (AvgIpc) is 2.85. The van der Waals surface area contributed by atoms with E-state index < -0.39 is 0 Å². The minimum atomic E-state index is -0.279. The fourth-order valence-electron chi connectivity index (χ4n) is 4.48. The number of halogens is 1. The zero-order chi connectivity index (χ0) is 25.5. The maximum Gasteiger partial charge on any atom is 0.255 e. The number of ether oxygens (including phenoxy) is 2. The SMILES string of the molecule is COc1cc(N)c(Cl)cc1C(=O)N[C@H]1CCN(CCN(C)C(=O)CN2CCN(C)CC2)C[C@H]1OC. The van der Waals surface area contributed by atoms with Crippen LogP contribution in [0.1, 0.15) is 16.8 Å². The van der Waals surface area contributed by atoms with Crippen molar-refractivity contribution in [3.05, 3.63) is 22.7 Å². The highest BCUT2D eigenvalue weighted by atomic mass is 35.5. The number of hydrogen-bond acceptors (Lipinski definition) is 8. The van der Waals surface area contributed by atoms with E-state index in [9.17, 15) is 9.59 Å². The van der Waals surface area contributed by atoms with Crippen molar-refractivity contribution < 1.29 is 19.1 Å². The molecule has 2 amide bonds. The summed E-state index contributed by atoms with van der Waals surface area (Å²) in [5, 5.41) is 3.37. The molecule has 2 saturated heterocycles. The molecule has 2 atom stereocenters. The van der Waals surface area contributed by atoms with E-state index in [1.807, 2.05) is 11.9 Å². The van der Waals surface area contributed by atoms with Crippen LogP contribution in [0.25, 0.3) is 0 Å². The van der Waals surface area contributed by atoms with Gasteiger partial charge in [-0.25, -0.2) is 0 Å². The Balaban J connectivity index is 1.48. The van der Waals surface area contributed by atoms with Gasteiger partial charge in [0, 0.05) is 72.6 Å². The van der Waals surface area contributed by atoms with Gasteiger partial charge in [-0.3, -0.25) is 19.4 Å². The van der Waals surface area contributed by atoms with Crippen molar-refractivity contribution in [3.63, 3.8) is 0 Å². The molecule has 0 aromatic heterocycles. The molecule has 3 rings (SSSR count). The number of benzene rings is 1. The van der Waals surface area contributed by atoms with Crippen molar-refractivity contribution in [2.45, 2.75) is 18.6 Å². The Labute approximate surface area is 213 Å². The Bertz CT molecular complexity index is 880. The summed E-state index contributed by atoms with van der Waals surface area (Å²) in [6.07, 6.45) is 0.558. The number of nitrogen functional groups attached to an aromatic ring is 1. The third-order valence-corrected chi connectivity index (χ3v) is 7.29. The van der Waals surface area contributed by atoms with E-state index in [0.29, 0.717) is 41.7 Å². The fraction of sp³-hybridized carbons (Fsp3) is 0.667. The quantitative estimate of drug-likeness (QED) is 0.462. The van der Waals surface area contributed by atoms with E-state index >= 15 is 0 Å². The van der Waals surface area contributed by atoms with Gasteiger partial charge in [-0.15, -0.1) is 0 Å². The van der Waals surface area contributed by atoms with Gasteiger partial charge in [-0.05, 0) is 19.5 Å². The number of carbonyl (C=O) groups is 2. The van der Waals surface area contributed by atoms with Crippen molar-refractivity contribution in [1.82, 2.24) is 24.9 Å². The highest BCUT2D eigenvalue weighted by Crippen LogP contribution is 2.29. The first kappa shape index (κ1) is 27.5. The van der Waals surface area contributed by atoms with Gasteiger partial charge in [0.05, 0.1) is 42.1 Å². The monoisotopic (exact) mass is 510 g/mol. The lowest BCUT2D eigenvalue weighted by Crippen LogP contribution is -2.56. The van der Waals surface area contributed by atoms with Crippen LogP contribution in [0.3, 0.4) is 0 Å². The molecule has 11 heteroatoms. The predicted molar refractivity (Wildman–Crippen MR) is 137 cm³/mol. The van der Waals surface area contributed by atoms with Gasteiger partial charge in [-0.1, -0.05) is 11.6 Å². The van der Waals surface area contributed by atoms with Crippen molar-refractivity contribution in [2.24, 2.45) is 0 Å². The van der Waals surface area contributed by atoms with E-state index in [4.69, 9.17) is 26.8 Å². The first-order valence-corrected chi connectivity index (χ1v) is 12.4. The molecule has 0 aliphatic carbocycles. The van der Waals surface area contributed by atoms with Gasteiger partial charge in [0.1, 0.15) is 5.75 Å². The molecule has 2 heterocycles. The minimum absolute atomic E-state index is 0.149. The number of nitrogens with one attached hydrogen (secondary N) is 1. The lowest BCUT2D eigenvalue weighted by atomic mass is 10.0.